The van der Waals surface area contributed by atoms with E-state index in [0.29, 0.717) is 18.1 Å². The molecular formula is C17H28N2. The number of hydrogen-bond acceptors (Lipinski definition) is 2. The zero-order chi connectivity index (χ0) is 13.8. The third kappa shape index (κ3) is 3.01. The molecule has 1 aromatic rings. The number of benzene rings is 1. The Morgan fingerprint density at radius 1 is 1.26 bits per heavy atom. The average Bonchev–Trinajstić information content (AvgIpc) is 2.41. The van der Waals surface area contributed by atoms with Crippen LogP contribution in [0.25, 0.3) is 0 Å². The van der Waals surface area contributed by atoms with Crippen LogP contribution in [0.15, 0.2) is 24.3 Å². The van der Waals surface area contributed by atoms with E-state index in [4.69, 9.17) is 0 Å². The summed E-state index contributed by atoms with van der Waals surface area (Å²) in [6.45, 7) is 11.3. The SMILES string of the molecule is CCNC1c2ccccc2CCC1N(CC)C(C)C. The highest BCUT2D eigenvalue weighted by molar-refractivity contribution is 5.34. The van der Waals surface area contributed by atoms with E-state index in [1.165, 1.54) is 24.0 Å². The molecule has 0 radical (unpaired) electrons. The van der Waals surface area contributed by atoms with Gasteiger partial charge in [0.15, 0.2) is 0 Å². The number of rotatable bonds is 5. The van der Waals surface area contributed by atoms with E-state index in [-0.39, 0.29) is 0 Å². The van der Waals surface area contributed by atoms with Crippen LogP contribution in [0.5, 0.6) is 0 Å². The monoisotopic (exact) mass is 260 g/mol. The molecule has 0 aromatic heterocycles. The Balaban J connectivity index is 2.30. The van der Waals surface area contributed by atoms with E-state index in [1.807, 2.05) is 0 Å². The molecule has 1 aliphatic carbocycles. The Hall–Kier alpha value is -0.860. The molecule has 0 amide bonds. The Labute approximate surface area is 118 Å². The van der Waals surface area contributed by atoms with Gasteiger partial charge in [0, 0.05) is 18.1 Å². The van der Waals surface area contributed by atoms with Gasteiger partial charge in [-0.2, -0.15) is 0 Å². The van der Waals surface area contributed by atoms with E-state index in [1.54, 1.807) is 0 Å². The molecular weight excluding hydrogens is 232 g/mol. The van der Waals surface area contributed by atoms with Crippen molar-refractivity contribution in [2.24, 2.45) is 0 Å². The lowest BCUT2D eigenvalue weighted by Crippen LogP contribution is -2.49. The first-order chi connectivity index (χ1) is 9.19. The molecule has 106 valence electrons. The number of nitrogens with zero attached hydrogens (tertiary/aromatic N) is 1. The van der Waals surface area contributed by atoms with Crippen molar-refractivity contribution in [3.8, 4) is 0 Å². The van der Waals surface area contributed by atoms with Crippen LogP contribution in [0, 0.1) is 0 Å². The summed E-state index contributed by atoms with van der Waals surface area (Å²) in [4.78, 5) is 2.64. The van der Waals surface area contributed by atoms with E-state index in [0.717, 1.165) is 13.1 Å². The van der Waals surface area contributed by atoms with Gasteiger partial charge in [0.2, 0.25) is 0 Å². The van der Waals surface area contributed by atoms with Gasteiger partial charge in [-0.05, 0) is 50.9 Å². The molecule has 0 spiro atoms. The highest BCUT2D eigenvalue weighted by Gasteiger charge is 2.33. The quantitative estimate of drug-likeness (QED) is 0.873. The van der Waals surface area contributed by atoms with Crippen molar-refractivity contribution >= 4 is 0 Å². The summed E-state index contributed by atoms with van der Waals surface area (Å²) < 4.78 is 0. The lowest BCUT2D eigenvalue weighted by molar-refractivity contribution is 0.114. The average molecular weight is 260 g/mol. The molecule has 1 aliphatic rings. The molecule has 0 saturated heterocycles. The van der Waals surface area contributed by atoms with Gasteiger partial charge in [-0.25, -0.2) is 0 Å². The standard InChI is InChI=1S/C17H28N2/c1-5-18-17-15-10-8-7-9-14(15)11-12-16(17)19(6-2)13(3)4/h7-10,13,16-18H,5-6,11-12H2,1-4H3. The van der Waals surface area contributed by atoms with Crippen molar-refractivity contribution in [2.45, 2.75) is 58.7 Å². The van der Waals surface area contributed by atoms with Crippen molar-refractivity contribution in [1.29, 1.82) is 0 Å². The van der Waals surface area contributed by atoms with Crippen LogP contribution in [-0.4, -0.2) is 30.1 Å². The summed E-state index contributed by atoms with van der Waals surface area (Å²) in [6, 6.07) is 10.7. The highest BCUT2D eigenvalue weighted by atomic mass is 15.2. The van der Waals surface area contributed by atoms with Gasteiger partial charge in [-0.1, -0.05) is 38.1 Å². The van der Waals surface area contributed by atoms with Crippen LogP contribution in [0.1, 0.15) is 51.3 Å². The molecule has 0 fully saturated rings. The molecule has 0 saturated carbocycles. The number of nitrogens with one attached hydrogen (secondary N) is 1. The second-order valence-electron chi connectivity index (χ2n) is 5.76. The summed E-state index contributed by atoms with van der Waals surface area (Å²) in [6.07, 6.45) is 2.48. The minimum Gasteiger partial charge on any atom is -0.309 e. The van der Waals surface area contributed by atoms with Gasteiger partial charge >= 0.3 is 0 Å². The zero-order valence-corrected chi connectivity index (χ0v) is 12.8. The van der Waals surface area contributed by atoms with Gasteiger partial charge < -0.3 is 5.32 Å². The molecule has 2 rings (SSSR count). The molecule has 2 heteroatoms. The smallest absolute Gasteiger partial charge is 0.0481 e. The molecule has 0 aliphatic heterocycles. The fourth-order valence-corrected chi connectivity index (χ4v) is 3.55. The van der Waals surface area contributed by atoms with E-state index in [2.05, 4.69) is 62.2 Å². The maximum Gasteiger partial charge on any atom is 0.0481 e. The highest BCUT2D eigenvalue weighted by Crippen LogP contribution is 2.33. The summed E-state index contributed by atoms with van der Waals surface area (Å²) in [5, 5.41) is 3.72. The second kappa shape index (κ2) is 6.53. The molecule has 0 bridgehead atoms. The second-order valence-corrected chi connectivity index (χ2v) is 5.76. The number of aryl methyl sites for hydroxylation is 1. The van der Waals surface area contributed by atoms with Crippen LogP contribution in [0.3, 0.4) is 0 Å². The number of likely N-dealkylation sites (N-methyl/N-ethyl adjacent to an activating group) is 2. The third-order valence-electron chi connectivity index (χ3n) is 4.36. The summed E-state index contributed by atoms with van der Waals surface area (Å²) in [7, 11) is 0. The first kappa shape index (κ1) is 14.5. The van der Waals surface area contributed by atoms with Gasteiger partial charge in [0.1, 0.15) is 0 Å². The van der Waals surface area contributed by atoms with E-state index < -0.39 is 0 Å². The lowest BCUT2D eigenvalue weighted by Gasteiger charge is -2.43. The molecule has 2 unspecified atom stereocenters. The minimum absolute atomic E-state index is 0.484. The first-order valence-corrected chi connectivity index (χ1v) is 7.75. The van der Waals surface area contributed by atoms with Gasteiger partial charge in [-0.3, -0.25) is 4.90 Å². The number of hydrogen-bond donors (Lipinski definition) is 1. The fourth-order valence-electron chi connectivity index (χ4n) is 3.55. The summed E-state index contributed by atoms with van der Waals surface area (Å²) in [5.41, 5.74) is 3.05. The molecule has 2 atom stereocenters. The summed E-state index contributed by atoms with van der Waals surface area (Å²) in [5.74, 6) is 0. The lowest BCUT2D eigenvalue weighted by atomic mass is 9.82. The summed E-state index contributed by atoms with van der Waals surface area (Å²) >= 11 is 0. The Kier molecular flexibility index (Phi) is 5.00. The number of fused-ring (bicyclic) bond motifs is 1. The fraction of sp³-hybridized carbons (Fsp3) is 0.647. The normalized spacial score (nSPS) is 22.8. The zero-order valence-electron chi connectivity index (χ0n) is 12.8. The van der Waals surface area contributed by atoms with E-state index >= 15 is 0 Å². The van der Waals surface area contributed by atoms with Gasteiger partial charge in [0.25, 0.3) is 0 Å². The Morgan fingerprint density at radius 2 is 2.00 bits per heavy atom. The van der Waals surface area contributed by atoms with Crippen LogP contribution in [0.4, 0.5) is 0 Å². The van der Waals surface area contributed by atoms with Gasteiger partial charge in [0.05, 0.1) is 0 Å². The first-order valence-electron chi connectivity index (χ1n) is 7.75. The minimum atomic E-state index is 0.484. The van der Waals surface area contributed by atoms with Crippen LogP contribution in [0.2, 0.25) is 0 Å². The van der Waals surface area contributed by atoms with Crippen LogP contribution in [-0.2, 0) is 6.42 Å². The van der Waals surface area contributed by atoms with Crippen molar-refractivity contribution in [2.75, 3.05) is 13.1 Å². The molecule has 1 N–H and O–H groups in total. The Morgan fingerprint density at radius 3 is 2.63 bits per heavy atom. The predicted octanol–water partition coefficient (Wildman–Crippen LogP) is 3.38. The maximum absolute atomic E-state index is 3.72. The Bertz CT molecular complexity index is 400. The van der Waals surface area contributed by atoms with Crippen molar-refractivity contribution in [1.82, 2.24) is 10.2 Å². The predicted molar refractivity (Wildman–Crippen MR) is 82.5 cm³/mol. The molecule has 1 aromatic carbocycles. The van der Waals surface area contributed by atoms with Crippen LogP contribution >= 0.6 is 0 Å². The van der Waals surface area contributed by atoms with Crippen molar-refractivity contribution in [3.63, 3.8) is 0 Å². The van der Waals surface area contributed by atoms with E-state index in [9.17, 15) is 0 Å². The molecule has 0 heterocycles. The third-order valence-corrected chi connectivity index (χ3v) is 4.36. The van der Waals surface area contributed by atoms with Crippen molar-refractivity contribution < 1.29 is 0 Å². The largest absolute Gasteiger partial charge is 0.309 e. The molecule has 2 nitrogen and oxygen atoms in total. The van der Waals surface area contributed by atoms with Crippen LogP contribution < -0.4 is 5.32 Å². The van der Waals surface area contributed by atoms with Crippen molar-refractivity contribution in [3.05, 3.63) is 35.4 Å². The topological polar surface area (TPSA) is 15.3 Å². The van der Waals surface area contributed by atoms with Gasteiger partial charge in [-0.15, -0.1) is 0 Å². The maximum atomic E-state index is 3.72. The molecule has 19 heavy (non-hydrogen) atoms.